The Hall–Kier alpha value is -6.00. The first-order chi connectivity index (χ1) is 21.8. The highest BCUT2D eigenvalue weighted by Gasteiger charge is 2.17. The Morgan fingerprint density at radius 3 is 1.98 bits per heavy atom. The third kappa shape index (κ3) is 3.17. The van der Waals surface area contributed by atoms with E-state index in [1.807, 2.05) is 12.3 Å². The fraction of sp³-hybridized carbons (Fsp3) is 0. The molecular weight excluding hydrogens is 536 g/mol. The lowest BCUT2D eigenvalue weighted by Crippen LogP contribution is -1.95. The molecule has 0 saturated carbocycles. The van der Waals surface area contributed by atoms with Gasteiger partial charge in [0, 0.05) is 33.4 Å². The van der Waals surface area contributed by atoms with Gasteiger partial charge in [0.05, 0.1) is 38.5 Å². The number of imidazole rings is 1. The van der Waals surface area contributed by atoms with E-state index < -0.39 is 0 Å². The third-order valence-electron chi connectivity index (χ3n) is 9.13. The minimum atomic E-state index is 0.946. The Bertz CT molecular complexity index is 2710. The van der Waals surface area contributed by atoms with Crippen molar-refractivity contribution in [3.63, 3.8) is 0 Å². The molecular formula is C40H24N4. The second kappa shape index (κ2) is 8.76. The molecule has 0 aliphatic rings. The highest BCUT2D eigenvalue weighted by atomic mass is 15.0. The smallest absolute Gasteiger partial charge is 0.148 e. The van der Waals surface area contributed by atoms with Crippen LogP contribution in [0.25, 0.3) is 87.9 Å². The van der Waals surface area contributed by atoms with Crippen LogP contribution in [0.3, 0.4) is 0 Å². The van der Waals surface area contributed by atoms with Crippen molar-refractivity contribution in [2.45, 2.75) is 0 Å². The number of hydrogen-bond donors (Lipinski definition) is 0. The van der Waals surface area contributed by atoms with Gasteiger partial charge >= 0.3 is 0 Å². The molecule has 4 heteroatoms. The van der Waals surface area contributed by atoms with Crippen LogP contribution in [-0.2, 0) is 0 Å². The van der Waals surface area contributed by atoms with E-state index in [1.165, 1.54) is 38.3 Å². The fourth-order valence-electron chi connectivity index (χ4n) is 7.16. The van der Waals surface area contributed by atoms with Gasteiger partial charge in [-0.15, -0.1) is 0 Å². The summed E-state index contributed by atoms with van der Waals surface area (Å²) in [6.07, 6.45) is 1.88. The molecule has 0 N–H and O–H groups in total. The molecule has 10 rings (SSSR count). The molecule has 6 aromatic carbocycles. The average Bonchev–Trinajstić information content (AvgIpc) is 3.64. The molecule has 4 aromatic heterocycles. The van der Waals surface area contributed by atoms with Crippen molar-refractivity contribution in [1.29, 1.82) is 0 Å². The van der Waals surface area contributed by atoms with E-state index in [0.717, 1.165) is 49.6 Å². The first kappa shape index (κ1) is 23.6. The molecule has 0 unspecified atom stereocenters. The molecule has 44 heavy (non-hydrogen) atoms. The van der Waals surface area contributed by atoms with Crippen molar-refractivity contribution in [2.24, 2.45) is 0 Å². The van der Waals surface area contributed by atoms with Crippen molar-refractivity contribution < 1.29 is 0 Å². The van der Waals surface area contributed by atoms with Gasteiger partial charge in [0.1, 0.15) is 5.65 Å². The molecule has 0 aliphatic carbocycles. The van der Waals surface area contributed by atoms with Crippen molar-refractivity contribution in [1.82, 2.24) is 18.9 Å². The maximum atomic E-state index is 5.12. The molecule has 0 radical (unpaired) electrons. The van der Waals surface area contributed by atoms with E-state index in [1.54, 1.807) is 0 Å². The lowest BCUT2D eigenvalue weighted by atomic mass is 9.98. The zero-order chi connectivity index (χ0) is 28.8. The van der Waals surface area contributed by atoms with Gasteiger partial charge in [0.2, 0.25) is 0 Å². The third-order valence-corrected chi connectivity index (χ3v) is 9.13. The van der Waals surface area contributed by atoms with Crippen LogP contribution in [0.5, 0.6) is 0 Å². The van der Waals surface area contributed by atoms with Gasteiger partial charge in [-0.25, -0.2) is 4.98 Å². The highest BCUT2D eigenvalue weighted by Crippen LogP contribution is 2.38. The van der Waals surface area contributed by atoms with Crippen molar-refractivity contribution in [3.8, 4) is 16.8 Å². The topological polar surface area (TPSA) is 35.1 Å². The summed E-state index contributed by atoms with van der Waals surface area (Å²) < 4.78 is 4.66. The first-order valence-corrected chi connectivity index (χ1v) is 14.9. The molecule has 0 saturated heterocycles. The number of para-hydroxylation sites is 4. The molecule has 0 spiro atoms. The predicted molar refractivity (Wildman–Crippen MR) is 183 cm³/mol. The van der Waals surface area contributed by atoms with E-state index in [-0.39, 0.29) is 0 Å². The molecule has 4 heterocycles. The zero-order valence-corrected chi connectivity index (χ0v) is 23.6. The van der Waals surface area contributed by atoms with Crippen LogP contribution in [0.4, 0.5) is 0 Å². The van der Waals surface area contributed by atoms with Crippen molar-refractivity contribution in [3.05, 3.63) is 146 Å². The van der Waals surface area contributed by atoms with E-state index in [0.29, 0.717) is 0 Å². The first-order valence-electron chi connectivity index (χ1n) is 14.9. The summed E-state index contributed by atoms with van der Waals surface area (Å²) in [6.45, 7) is 0. The number of rotatable bonds is 2. The summed E-state index contributed by atoms with van der Waals surface area (Å²) in [5.74, 6) is 0. The monoisotopic (exact) mass is 560 g/mol. The van der Waals surface area contributed by atoms with Crippen molar-refractivity contribution in [2.75, 3.05) is 0 Å². The number of hydrogen-bond acceptors (Lipinski definition) is 2. The summed E-state index contributed by atoms with van der Waals surface area (Å²) >= 11 is 0. The van der Waals surface area contributed by atoms with Gasteiger partial charge in [-0.05, 0) is 71.1 Å². The maximum absolute atomic E-state index is 5.12. The molecule has 0 bridgehead atoms. The SMILES string of the molecule is c1cnc2c(c1)ccc1c3cc(-c4ccc(-n5c6ccccc6c6ccccc65)cc4)ccc3n3c4ccccc4nc3c12. The van der Waals surface area contributed by atoms with Gasteiger partial charge in [0.25, 0.3) is 0 Å². The van der Waals surface area contributed by atoms with E-state index >= 15 is 0 Å². The normalized spacial score (nSPS) is 12.1. The summed E-state index contributed by atoms with van der Waals surface area (Å²) in [6, 6.07) is 50.0. The minimum Gasteiger partial charge on any atom is -0.309 e. The summed E-state index contributed by atoms with van der Waals surface area (Å²) in [4.78, 5) is 9.96. The van der Waals surface area contributed by atoms with Crippen LogP contribution >= 0.6 is 0 Å². The Kier molecular flexibility index (Phi) is 4.69. The second-order valence-corrected chi connectivity index (χ2v) is 11.5. The highest BCUT2D eigenvalue weighted by molar-refractivity contribution is 6.22. The van der Waals surface area contributed by atoms with Gasteiger partial charge in [-0.3, -0.25) is 9.38 Å². The van der Waals surface area contributed by atoms with Crippen LogP contribution in [-0.4, -0.2) is 18.9 Å². The summed E-state index contributed by atoms with van der Waals surface area (Å²) in [5.41, 5.74) is 11.1. The van der Waals surface area contributed by atoms with Crippen LogP contribution in [0.2, 0.25) is 0 Å². The fourth-order valence-corrected chi connectivity index (χ4v) is 7.16. The minimum absolute atomic E-state index is 0.946. The number of pyridine rings is 2. The van der Waals surface area contributed by atoms with Crippen LogP contribution in [0.15, 0.2) is 146 Å². The molecule has 0 amide bonds. The van der Waals surface area contributed by atoms with Crippen LogP contribution in [0.1, 0.15) is 0 Å². The molecule has 10 aromatic rings. The molecule has 4 nitrogen and oxygen atoms in total. The van der Waals surface area contributed by atoms with Gasteiger partial charge in [-0.1, -0.05) is 84.9 Å². The van der Waals surface area contributed by atoms with E-state index in [4.69, 9.17) is 9.97 Å². The lowest BCUT2D eigenvalue weighted by Gasteiger charge is -2.13. The van der Waals surface area contributed by atoms with Gasteiger partial charge < -0.3 is 4.57 Å². The average molecular weight is 561 g/mol. The Morgan fingerprint density at radius 1 is 0.477 bits per heavy atom. The zero-order valence-electron chi connectivity index (χ0n) is 23.6. The quantitative estimate of drug-likeness (QED) is 0.197. The standard InChI is InChI=1S/C40H24N4/c1-4-12-34-29(9-1)30-10-2-5-13-35(30)43(34)28-19-15-25(16-20-28)27-18-22-36-32(24-27)31-21-17-26-8-7-23-41-39(26)38(31)40-42-33-11-3-6-14-37(33)44(36)40/h1-24H. The maximum Gasteiger partial charge on any atom is 0.148 e. The van der Waals surface area contributed by atoms with Crippen LogP contribution < -0.4 is 0 Å². The Morgan fingerprint density at radius 2 is 1.18 bits per heavy atom. The number of nitrogens with zero attached hydrogens (tertiary/aromatic N) is 4. The molecule has 0 atom stereocenters. The predicted octanol–water partition coefficient (Wildman–Crippen LogP) is 10.1. The Balaban J connectivity index is 1.21. The number of benzene rings is 6. The molecule has 0 aliphatic heterocycles. The summed E-state index contributed by atoms with van der Waals surface area (Å²) in [7, 11) is 0. The molecule has 204 valence electrons. The lowest BCUT2D eigenvalue weighted by molar-refractivity contribution is 1.18. The van der Waals surface area contributed by atoms with Gasteiger partial charge in [-0.2, -0.15) is 0 Å². The Labute approximate surface area is 252 Å². The largest absolute Gasteiger partial charge is 0.309 e. The molecule has 0 fully saturated rings. The van der Waals surface area contributed by atoms with Gasteiger partial charge in [0.15, 0.2) is 0 Å². The van der Waals surface area contributed by atoms with E-state index in [9.17, 15) is 0 Å². The van der Waals surface area contributed by atoms with E-state index in [2.05, 4.69) is 142 Å². The second-order valence-electron chi connectivity index (χ2n) is 11.5. The van der Waals surface area contributed by atoms with Crippen molar-refractivity contribution >= 4 is 71.1 Å². The van der Waals surface area contributed by atoms with Crippen LogP contribution in [0, 0.1) is 0 Å². The summed E-state index contributed by atoms with van der Waals surface area (Å²) in [5, 5.41) is 7.10. The number of fused-ring (bicyclic) bond motifs is 13. The number of aromatic nitrogens is 4.